The van der Waals surface area contributed by atoms with Crippen LogP contribution in [-0.2, 0) is 0 Å². The molecule has 6 aromatic rings. The van der Waals surface area contributed by atoms with Crippen molar-refractivity contribution in [3.05, 3.63) is 97.3 Å². The topological polar surface area (TPSA) is 43.6 Å². The van der Waals surface area contributed by atoms with Crippen molar-refractivity contribution in [3.63, 3.8) is 0 Å². The second-order valence-electron chi connectivity index (χ2n) is 7.02. The minimum Gasteiger partial charge on any atom is -0.278 e. The van der Waals surface area contributed by atoms with E-state index in [-0.39, 0.29) is 0 Å². The van der Waals surface area contributed by atoms with Crippen LogP contribution in [0.2, 0.25) is 0 Å². The summed E-state index contributed by atoms with van der Waals surface area (Å²) in [6, 6.07) is 28.9. The van der Waals surface area contributed by atoms with Crippen LogP contribution in [0.5, 0.6) is 0 Å². The molecule has 0 aliphatic rings. The number of pyridine rings is 3. The van der Waals surface area contributed by atoms with Gasteiger partial charge in [-0.1, -0.05) is 36.4 Å². The fraction of sp³-hybridized carbons (Fsp3) is 0. The summed E-state index contributed by atoms with van der Waals surface area (Å²) in [5, 5.41) is 3.40. The van der Waals surface area contributed by atoms with Gasteiger partial charge in [0.25, 0.3) is 0 Å². The van der Waals surface area contributed by atoms with Gasteiger partial charge in [-0.25, -0.2) is 15.0 Å². The predicted octanol–water partition coefficient (Wildman–Crippen LogP) is 5.79. The minimum absolute atomic E-state index is 0.864. The Bertz CT molecular complexity index is 1500. The third kappa shape index (κ3) is 2.50. The van der Waals surface area contributed by atoms with Gasteiger partial charge < -0.3 is 0 Å². The van der Waals surface area contributed by atoms with Gasteiger partial charge in [0.1, 0.15) is 11.5 Å². The van der Waals surface area contributed by atoms with Crippen LogP contribution in [-0.4, -0.2) is 19.5 Å². The largest absolute Gasteiger partial charge is 0.278 e. The molecule has 0 aliphatic heterocycles. The molecule has 4 aromatic heterocycles. The van der Waals surface area contributed by atoms with Crippen LogP contribution in [0.3, 0.4) is 0 Å². The highest BCUT2D eigenvalue weighted by Gasteiger charge is 2.14. The lowest BCUT2D eigenvalue weighted by molar-refractivity contribution is 1.06. The lowest BCUT2D eigenvalue weighted by atomic mass is 10.1. The van der Waals surface area contributed by atoms with Crippen molar-refractivity contribution in [2.75, 3.05) is 0 Å². The van der Waals surface area contributed by atoms with Gasteiger partial charge >= 0.3 is 0 Å². The van der Waals surface area contributed by atoms with Gasteiger partial charge in [0.05, 0.1) is 16.7 Å². The SMILES string of the molecule is c1ccc(-n2c3ccc(-c4ccc5ccccc5n4)cc3c3cccnc32)nc1. The number of rotatable bonds is 2. The van der Waals surface area contributed by atoms with Crippen molar-refractivity contribution in [1.82, 2.24) is 19.5 Å². The maximum Gasteiger partial charge on any atom is 0.146 e. The molecular formula is C25H16N4. The Hall–Kier alpha value is -4.05. The van der Waals surface area contributed by atoms with E-state index in [1.165, 1.54) is 0 Å². The fourth-order valence-corrected chi connectivity index (χ4v) is 3.95. The first-order chi connectivity index (χ1) is 14.4. The average Bonchev–Trinajstić information content (AvgIpc) is 3.13. The summed E-state index contributed by atoms with van der Waals surface area (Å²) >= 11 is 0. The van der Waals surface area contributed by atoms with Crippen LogP contribution in [0.15, 0.2) is 97.3 Å². The van der Waals surface area contributed by atoms with Crippen LogP contribution in [0.1, 0.15) is 0 Å². The Morgan fingerprint density at radius 1 is 0.655 bits per heavy atom. The van der Waals surface area contributed by atoms with E-state index in [1.54, 1.807) is 0 Å². The normalized spacial score (nSPS) is 11.4. The number of para-hydroxylation sites is 1. The molecule has 6 rings (SSSR count). The molecule has 0 amide bonds. The number of benzene rings is 2. The van der Waals surface area contributed by atoms with Crippen LogP contribution >= 0.6 is 0 Å². The van der Waals surface area contributed by atoms with Crippen molar-refractivity contribution in [2.45, 2.75) is 0 Å². The Morgan fingerprint density at radius 2 is 1.55 bits per heavy atom. The van der Waals surface area contributed by atoms with E-state index < -0.39 is 0 Å². The second-order valence-corrected chi connectivity index (χ2v) is 7.02. The lowest BCUT2D eigenvalue weighted by Crippen LogP contribution is -1.97. The first-order valence-electron chi connectivity index (χ1n) is 9.55. The van der Waals surface area contributed by atoms with Crippen LogP contribution in [0.25, 0.3) is 49.9 Å². The van der Waals surface area contributed by atoms with Crippen molar-refractivity contribution in [1.29, 1.82) is 0 Å². The maximum atomic E-state index is 4.86. The average molecular weight is 372 g/mol. The highest BCUT2D eigenvalue weighted by atomic mass is 15.1. The van der Waals surface area contributed by atoms with E-state index in [1.807, 2.05) is 54.9 Å². The van der Waals surface area contributed by atoms with Gasteiger partial charge in [0.2, 0.25) is 0 Å². The molecule has 0 unspecified atom stereocenters. The Morgan fingerprint density at radius 3 is 2.48 bits per heavy atom. The van der Waals surface area contributed by atoms with Crippen molar-refractivity contribution in [3.8, 4) is 17.1 Å². The Labute approximate surface area is 167 Å². The molecule has 0 saturated heterocycles. The zero-order valence-corrected chi connectivity index (χ0v) is 15.5. The minimum atomic E-state index is 0.864. The zero-order valence-electron chi connectivity index (χ0n) is 15.5. The standard InChI is InChI=1S/C25H16N4/c1-2-8-21-17(6-1)10-12-22(28-21)18-11-13-23-20(16-18)19-7-5-15-27-25(19)29(23)24-9-3-4-14-26-24/h1-16H. The molecule has 0 aliphatic carbocycles. The quantitative estimate of drug-likeness (QED) is 0.386. The summed E-state index contributed by atoms with van der Waals surface area (Å²) in [6.07, 6.45) is 3.63. The van der Waals surface area contributed by atoms with Crippen LogP contribution in [0.4, 0.5) is 0 Å². The van der Waals surface area contributed by atoms with E-state index in [2.05, 4.69) is 57.0 Å². The molecule has 0 saturated carbocycles. The third-order valence-electron chi connectivity index (χ3n) is 5.30. The highest BCUT2D eigenvalue weighted by molar-refractivity contribution is 6.09. The maximum absolute atomic E-state index is 4.86. The van der Waals surface area contributed by atoms with Gasteiger partial charge in [0.15, 0.2) is 0 Å². The van der Waals surface area contributed by atoms with Crippen molar-refractivity contribution in [2.24, 2.45) is 0 Å². The summed E-state index contributed by atoms with van der Waals surface area (Å²) in [5.74, 6) is 0.864. The summed E-state index contributed by atoms with van der Waals surface area (Å²) in [7, 11) is 0. The van der Waals surface area contributed by atoms with E-state index in [0.717, 1.165) is 49.9 Å². The molecule has 4 heteroatoms. The van der Waals surface area contributed by atoms with E-state index in [9.17, 15) is 0 Å². The van der Waals surface area contributed by atoms with Gasteiger partial charge in [-0.3, -0.25) is 4.57 Å². The number of aromatic nitrogens is 4. The molecule has 2 aromatic carbocycles. The third-order valence-corrected chi connectivity index (χ3v) is 5.30. The van der Waals surface area contributed by atoms with E-state index in [0.29, 0.717) is 0 Å². The molecular weight excluding hydrogens is 356 g/mol. The van der Waals surface area contributed by atoms with Crippen LogP contribution < -0.4 is 0 Å². The van der Waals surface area contributed by atoms with Crippen molar-refractivity contribution < 1.29 is 0 Å². The number of fused-ring (bicyclic) bond motifs is 4. The Kier molecular flexibility index (Phi) is 3.43. The van der Waals surface area contributed by atoms with Gasteiger partial charge in [-0.15, -0.1) is 0 Å². The van der Waals surface area contributed by atoms with Crippen LogP contribution in [0, 0.1) is 0 Å². The summed E-state index contributed by atoms with van der Waals surface area (Å²) in [4.78, 5) is 14.1. The smallest absolute Gasteiger partial charge is 0.146 e. The second kappa shape index (κ2) is 6.24. The van der Waals surface area contributed by atoms with Gasteiger partial charge in [-0.2, -0.15) is 0 Å². The molecule has 4 nitrogen and oxygen atoms in total. The highest BCUT2D eigenvalue weighted by Crippen LogP contribution is 2.33. The van der Waals surface area contributed by atoms with E-state index >= 15 is 0 Å². The monoisotopic (exact) mass is 372 g/mol. The predicted molar refractivity (Wildman–Crippen MR) is 117 cm³/mol. The molecule has 29 heavy (non-hydrogen) atoms. The molecule has 0 bridgehead atoms. The summed E-state index contributed by atoms with van der Waals surface area (Å²) in [5.41, 5.74) is 5.05. The Balaban J connectivity index is 1.63. The number of hydrogen-bond acceptors (Lipinski definition) is 3. The first-order valence-corrected chi connectivity index (χ1v) is 9.55. The van der Waals surface area contributed by atoms with Crippen molar-refractivity contribution >= 4 is 32.8 Å². The summed E-state index contributed by atoms with van der Waals surface area (Å²) in [6.45, 7) is 0. The molecule has 0 spiro atoms. The molecule has 0 fully saturated rings. The molecule has 0 atom stereocenters. The molecule has 0 N–H and O–H groups in total. The molecule has 136 valence electrons. The molecule has 0 radical (unpaired) electrons. The first kappa shape index (κ1) is 16.0. The number of hydrogen-bond donors (Lipinski definition) is 0. The van der Waals surface area contributed by atoms with Gasteiger partial charge in [-0.05, 0) is 48.5 Å². The lowest BCUT2D eigenvalue weighted by Gasteiger charge is -2.06. The fourth-order valence-electron chi connectivity index (χ4n) is 3.95. The number of nitrogens with zero attached hydrogens (tertiary/aromatic N) is 4. The van der Waals surface area contributed by atoms with Gasteiger partial charge in [0, 0.05) is 34.1 Å². The zero-order chi connectivity index (χ0) is 19.2. The summed E-state index contributed by atoms with van der Waals surface area (Å²) < 4.78 is 2.11. The van der Waals surface area contributed by atoms with E-state index in [4.69, 9.17) is 4.98 Å². The molecule has 4 heterocycles.